The van der Waals surface area contributed by atoms with E-state index in [1.54, 1.807) is 0 Å². The molecule has 5 aromatic carbocycles. The summed E-state index contributed by atoms with van der Waals surface area (Å²) >= 11 is 0. The summed E-state index contributed by atoms with van der Waals surface area (Å²) in [6.45, 7) is 0. The molecule has 0 fully saturated rings. The van der Waals surface area contributed by atoms with Gasteiger partial charge in [-0.3, -0.25) is 9.97 Å². The molecule has 0 saturated heterocycles. The maximum Gasteiger partial charge on any atom is 0.201 e. The number of benzene rings is 5. The minimum absolute atomic E-state index is 0.950. The van der Waals surface area contributed by atoms with Crippen molar-refractivity contribution < 1.29 is 0 Å². The lowest BCUT2D eigenvalue weighted by Crippen LogP contribution is -2.75. The van der Waals surface area contributed by atoms with E-state index in [1.165, 1.54) is 15.6 Å². The van der Waals surface area contributed by atoms with E-state index in [4.69, 9.17) is 4.98 Å². The molecule has 0 aliphatic carbocycles. The smallest absolute Gasteiger partial charge is 0.201 e. The second-order valence-corrected chi connectivity index (χ2v) is 14.4. The minimum Gasteiger partial charge on any atom is -0.310 e. The third kappa shape index (κ3) is 5.12. The summed E-state index contributed by atoms with van der Waals surface area (Å²) in [5.74, 6) is 0. The van der Waals surface area contributed by atoms with Crippen LogP contribution >= 0.6 is 0 Å². The number of rotatable bonds is 8. The van der Waals surface area contributed by atoms with Crippen LogP contribution in [0.1, 0.15) is 0 Å². The SMILES string of the molecule is c1ccc(N(c2cccc(-c3ccccn3)c2)c2cccc([Si](c3ccccc3)(c3ccccc3)c3ccccn3)c2)cc1. The van der Waals surface area contributed by atoms with E-state index < -0.39 is 8.07 Å². The fourth-order valence-electron chi connectivity index (χ4n) is 6.14. The van der Waals surface area contributed by atoms with Gasteiger partial charge in [0, 0.05) is 40.3 Å². The highest BCUT2D eigenvalue weighted by molar-refractivity contribution is 7.19. The Balaban J connectivity index is 1.47. The lowest BCUT2D eigenvalue weighted by atomic mass is 10.1. The van der Waals surface area contributed by atoms with E-state index in [1.807, 2.05) is 30.6 Å². The maximum absolute atomic E-state index is 5.06. The van der Waals surface area contributed by atoms with Crippen LogP contribution in [-0.4, -0.2) is 18.0 Å². The Morgan fingerprint density at radius 2 is 0.909 bits per heavy atom. The number of pyridine rings is 2. The Morgan fingerprint density at radius 3 is 1.52 bits per heavy atom. The Bertz CT molecular complexity index is 1850. The number of hydrogen-bond donors (Lipinski definition) is 0. The standard InChI is InChI=1S/C40H31N3Si/c1-4-17-33(18-5-1)43(34-19-14-16-32(30-34)39-26-10-12-28-41-39)35-20-15-25-38(31-35)44(36-21-6-2-7-22-36,37-23-8-3-9-24-37)40-27-11-13-29-42-40/h1-31H. The third-order valence-corrected chi connectivity index (χ3v) is 12.7. The molecule has 0 bridgehead atoms. The van der Waals surface area contributed by atoms with Crippen LogP contribution in [0.5, 0.6) is 0 Å². The number of hydrogen-bond acceptors (Lipinski definition) is 3. The average Bonchev–Trinajstić information content (AvgIpc) is 3.11. The molecule has 0 aliphatic rings. The van der Waals surface area contributed by atoms with E-state index in [9.17, 15) is 0 Å². The molecule has 44 heavy (non-hydrogen) atoms. The maximum atomic E-state index is 5.06. The van der Waals surface area contributed by atoms with Gasteiger partial charge < -0.3 is 4.90 Å². The molecule has 0 N–H and O–H groups in total. The normalized spacial score (nSPS) is 11.2. The monoisotopic (exact) mass is 581 g/mol. The number of aromatic nitrogens is 2. The van der Waals surface area contributed by atoms with Crippen molar-refractivity contribution in [1.29, 1.82) is 0 Å². The van der Waals surface area contributed by atoms with E-state index in [0.717, 1.165) is 33.6 Å². The van der Waals surface area contributed by atoms with Gasteiger partial charge in [-0.25, -0.2) is 0 Å². The summed E-state index contributed by atoms with van der Waals surface area (Å²) in [5, 5.41) is 4.97. The van der Waals surface area contributed by atoms with Crippen molar-refractivity contribution in [2.75, 3.05) is 4.90 Å². The molecule has 7 rings (SSSR count). The molecule has 0 amide bonds. The molecule has 2 heterocycles. The number of nitrogens with zero attached hydrogens (tertiary/aromatic N) is 3. The van der Waals surface area contributed by atoms with Gasteiger partial charge in [0.2, 0.25) is 8.07 Å². The van der Waals surface area contributed by atoms with Gasteiger partial charge in [0.1, 0.15) is 0 Å². The van der Waals surface area contributed by atoms with Gasteiger partial charge in [-0.1, -0.05) is 115 Å². The van der Waals surface area contributed by atoms with Crippen LogP contribution in [0, 0.1) is 0 Å². The van der Waals surface area contributed by atoms with Gasteiger partial charge in [-0.05, 0) is 76.2 Å². The molecule has 7 aromatic rings. The molecule has 2 aromatic heterocycles. The van der Waals surface area contributed by atoms with E-state index in [-0.39, 0.29) is 0 Å². The van der Waals surface area contributed by atoms with Crippen LogP contribution in [0.2, 0.25) is 0 Å². The van der Waals surface area contributed by atoms with Crippen molar-refractivity contribution in [3.63, 3.8) is 0 Å². The molecule has 0 aliphatic heterocycles. The van der Waals surface area contributed by atoms with Crippen LogP contribution in [0.15, 0.2) is 188 Å². The van der Waals surface area contributed by atoms with Crippen LogP contribution in [-0.2, 0) is 0 Å². The average molecular weight is 582 g/mol. The van der Waals surface area contributed by atoms with E-state index >= 15 is 0 Å². The first-order valence-corrected chi connectivity index (χ1v) is 16.8. The van der Waals surface area contributed by atoms with Crippen molar-refractivity contribution in [1.82, 2.24) is 9.97 Å². The summed E-state index contributed by atoms with van der Waals surface area (Å²) in [7, 11) is -2.79. The van der Waals surface area contributed by atoms with Gasteiger partial charge in [0.25, 0.3) is 0 Å². The van der Waals surface area contributed by atoms with Crippen LogP contribution < -0.4 is 25.8 Å². The molecule has 0 spiro atoms. The Hall–Kier alpha value is -5.58. The van der Waals surface area contributed by atoms with Gasteiger partial charge in [-0.15, -0.1) is 0 Å². The van der Waals surface area contributed by atoms with E-state index in [2.05, 4.69) is 168 Å². The first-order valence-electron chi connectivity index (χ1n) is 14.8. The second kappa shape index (κ2) is 12.3. The molecule has 0 atom stereocenters. The Kier molecular flexibility index (Phi) is 7.64. The zero-order valence-corrected chi connectivity index (χ0v) is 25.2. The van der Waals surface area contributed by atoms with Gasteiger partial charge >= 0.3 is 0 Å². The van der Waals surface area contributed by atoms with Crippen molar-refractivity contribution >= 4 is 46.0 Å². The van der Waals surface area contributed by atoms with Gasteiger partial charge in [0.05, 0.1) is 5.69 Å². The molecule has 0 unspecified atom stereocenters. The Morgan fingerprint density at radius 1 is 0.386 bits per heavy atom. The molecular weight excluding hydrogens is 551 g/mol. The minimum atomic E-state index is -2.79. The molecule has 0 saturated carbocycles. The summed E-state index contributed by atoms with van der Waals surface area (Å²) in [6, 6.07) is 62.5. The van der Waals surface area contributed by atoms with Crippen molar-refractivity contribution in [3.05, 3.63) is 188 Å². The van der Waals surface area contributed by atoms with E-state index in [0.29, 0.717) is 0 Å². The van der Waals surface area contributed by atoms with Crippen molar-refractivity contribution in [3.8, 4) is 11.3 Å². The lowest BCUT2D eigenvalue weighted by Gasteiger charge is -2.34. The first-order chi connectivity index (χ1) is 21.8. The fraction of sp³-hybridized carbons (Fsp3) is 0. The summed E-state index contributed by atoms with van der Waals surface area (Å²) in [4.78, 5) is 12.0. The third-order valence-electron chi connectivity index (χ3n) is 8.08. The second-order valence-electron chi connectivity index (χ2n) is 10.7. The summed E-state index contributed by atoms with van der Waals surface area (Å²) in [6.07, 6.45) is 3.77. The zero-order chi connectivity index (χ0) is 29.6. The lowest BCUT2D eigenvalue weighted by molar-refractivity contribution is 1.28. The predicted octanol–water partition coefficient (Wildman–Crippen LogP) is 6.99. The van der Waals surface area contributed by atoms with Crippen LogP contribution in [0.3, 0.4) is 0 Å². The molecule has 0 radical (unpaired) electrons. The van der Waals surface area contributed by atoms with Crippen LogP contribution in [0.25, 0.3) is 11.3 Å². The topological polar surface area (TPSA) is 29.0 Å². The number of anilines is 3. The van der Waals surface area contributed by atoms with Crippen molar-refractivity contribution in [2.45, 2.75) is 0 Å². The highest BCUT2D eigenvalue weighted by Gasteiger charge is 2.43. The van der Waals surface area contributed by atoms with Crippen molar-refractivity contribution in [2.24, 2.45) is 0 Å². The predicted molar refractivity (Wildman–Crippen MR) is 186 cm³/mol. The number of para-hydroxylation sites is 1. The fourth-order valence-corrected chi connectivity index (χ4v) is 10.7. The first kappa shape index (κ1) is 27.3. The summed E-state index contributed by atoms with van der Waals surface area (Å²) < 4.78 is 0. The molecule has 210 valence electrons. The van der Waals surface area contributed by atoms with Gasteiger partial charge in [-0.2, -0.15) is 0 Å². The largest absolute Gasteiger partial charge is 0.310 e. The zero-order valence-electron chi connectivity index (χ0n) is 24.2. The molecular formula is C40H31N3Si. The molecule has 4 heteroatoms. The van der Waals surface area contributed by atoms with Crippen LogP contribution in [0.4, 0.5) is 17.1 Å². The Labute approximate surface area is 259 Å². The highest BCUT2D eigenvalue weighted by atomic mass is 28.3. The highest BCUT2D eigenvalue weighted by Crippen LogP contribution is 2.36. The molecule has 3 nitrogen and oxygen atoms in total. The quantitative estimate of drug-likeness (QED) is 0.143. The summed E-state index contributed by atoms with van der Waals surface area (Å²) in [5.41, 5.74) is 5.27. The van der Waals surface area contributed by atoms with Gasteiger partial charge in [0.15, 0.2) is 0 Å².